The van der Waals surface area contributed by atoms with E-state index in [1.807, 2.05) is 59.2 Å². The van der Waals surface area contributed by atoms with E-state index >= 15 is 0 Å². The molecular formula is C20H19BrN4OS. The Morgan fingerprint density at radius 2 is 1.89 bits per heavy atom. The molecule has 0 saturated carbocycles. The Morgan fingerprint density at radius 3 is 2.59 bits per heavy atom. The zero-order chi connectivity index (χ0) is 19.1. The SMILES string of the molecule is C=CCn1c(SCC(=O)NCc2ccccc2)nnc1-c1ccc(Br)cc1. The Bertz CT molecular complexity index is 909. The lowest BCUT2D eigenvalue weighted by atomic mass is 10.2. The molecule has 1 aromatic heterocycles. The van der Waals surface area contributed by atoms with Crippen molar-refractivity contribution >= 4 is 33.6 Å². The van der Waals surface area contributed by atoms with Crippen LogP contribution in [0.1, 0.15) is 5.56 Å². The monoisotopic (exact) mass is 442 g/mol. The number of benzene rings is 2. The highest BCUT2D eigenvalue weighted by molar-refractivity contribution is 9.10. The molecule has 0 fully saturated rings. The van der Waals surface area contributed by atoms with Gasteiger partial charge in [-0.25, -0.2) is 0 Å². The minimum atomic E-state index is -0.0396. The number of halogens is 1. The van der Waals surface area contributed by atoms with Crippen LogP contribution in [0.15, 0.2) is 76.9 Å². The molecule has 0 atom stereocenters. The van der Waals surface area contributed by atoms with E-state index in [4.69, 9.17) is 0 Å². The summed E-state index contributed by atoms with van der Waals surface area (Å²) in [5.74, 6) is 0.999. The molecule has 0 bridgehead atoms. The molecule has 0 radical (unpaired) electrons. The first kappa shape index (κ1) is 19.4. The van der Waals surface area contributed by atoms with Gasteiger partial charge in [0.15, 0.2) is 11.0 Å². The largest absolute Gasteiger partial charge is 0.351 e. The molecule has 7 heteroatoms. The highest BCUT2D eigenvalue weighted by Crippen LogP contribution is 2.25. The summed E-state index contributed by atoms with van der Waals surface area (Å²) < 4.78 is 2.97. The van der Waals surface area contributed by atoms with Gasteiger partial charge in [0.2, 0.25) is 5.91 Å². The van der Waals surface area contributed by atoms with Gasteiger partial charge < -0.3 is 5.32 Å². The van der Waals surface area contributed by atoms with Crippen molar-refractivity contribution in [2.45, 2.75) is 18.2 Å². The molecule has 0 spiro atoms. The summed E-state index contributed by atoms with van der Waals surface area (Å²) in [6.07, 6.45) is 1.80. The fourth-order valence-electron chi connectivity index (χ4n) is 2.48. The minimum Gasteiger partial charge on any atom is -0.351 e. The van der Waals surface area contributed by atoms with Gasteiger partial charge in [0, 0.05) is 23.1 Å². The molecule has 0 aliphatic heterocycles. The second kappa shape index (κ2) is 9.53. The topological polar surface area (TPSA) is 59.8 Å². The van der Waals surface area contributed by atoms with E-state index in [0.29, 0.717) is 18.2 Å². The summed E-state index contributed by atoms with van der Waals surface area (Å²) in [4.78, 5) is 12.2. The van der Waals surface area contributed by atoms with E-state index in [9.17, 15) is 4.79 Å². The number of thioether (sulfide) groups is 1. The van der Waals surface area contributed by atoms with Gasteiger partial charge in [-0.2, -0.15) is 0 Å². The molecule has 3 aromatic rings. The third-order valence-electron chi connectivity index (χ3n) is 3.80. The average molecular weight is 443 g/mol. The molecule has 5 nitrogen and oxygen atoms in total. The van der Waals surface area contributed by atoms with Gasteiger partial charge in [-0.05, 0) is 17.7 Å². The van der Waals surface area contributed by atoms with Gasteiger partial charge in [0.05, 0.1) is 5.75 Å². The zero-order valence-corrected chi connectivity index (χ0v) is 17.0. The lowest BCUT2D eigenvalue weighted by molar-refractivity contribution is -0.118. The normalized spacial score (nSPS) is 10.6. The summed E-state index contributed by atoms with van der Waals surface area (Å²) in [6, 6.07) is 17.7. The number of hydrogen-bond donors (Lipinski definition) is 1. The van der Waals surface area contributed by atoms with Crippen molar-refractivity contribution in [2.24, 2.45) is 0 Å². The maximum Gasteiger partial charge on any atom is 0.230 e. The van der Waals surface area contributed by atoms with Crippen LogP contribution in [-0.2, 0) is 17.9 Å². The van der Waals surface area contributed by atoms with E-state index in [1.165, 1.54) is 11.8 Å². The average Bonchev–Trinajstić information content (AvgIpc) is 3.09. The minimum absolute atomic E-state index is 0.0396. The highest BCUT2D eigenvalue weighted by atomic mass is 79.9. The second-order valence-electron chi connectivity index (χ2n) is 5.76. The number of rotatable bonds is 8. The number of amides is 1. The summed E-state index contributed by atoms with van der Waals surface area (Å²) in [5.41, 5.74) is 2.04. The molecule has 1 heterocycles. The van der Waals surface area contributed by atoms with Crippen LogP contribution in [0.3, 0.4) is 0 Å². The van der Waals surface area contributed by atoms with E-state index < -0.39 is 0 Å². The number of nitrogens with zero attached hydrogens (tertiary/aromatic N) is 3. The molecule has 138 valence electrons. The van der Waals surface area contributed by atoms with Crippen LogP contribution in [0.2, 0.25) is 0 Å². The molecule has 0 unspecified atom stereocenters. The van der Waals surface area contributed by atoms with Crippen LogP contribution in [0, 0.1) is 0 Å². The van der Waals surface area contributed by atoms with Crippen LogP contribution in [0.5, 0.6) is 0 Å². The Kier molecular flexibility index (Phi) is 6.84. The maximum atomic E-state index is 12.2. The molecule has 1 N–H and O–H groups in total. The van der Waals surface area contributed by atoms with Gasteiger partial charge in [0.25, 0.3) is 0 Å². The standard InChI is InChI=1S/C20H19BrN4OS/c1-2-12-25-19(16-8-10-17(21)11-9-16)23-24-20(25)27-14-18(26)22-13-15-6-4-3-5-7-15/h2-11H,1,12-14H2,(H,22,26). The highest BCUT2D eigenvalue weighted by Gasteiger charge is 2.15. The Balaban J connectivity index is 1.65. The predicted octanol–water partition coefficient (Wildman–Crippen LogP) is 4.30. The number of carbonyl (C=O) groups excluding carboxylic acids is 1. The summed E-state index contributed by atoms with van der Waals surface area (Å²) in [7, 11) is 0. The van der Waals surface area contributed by atoms with E-state index in [2.05, 4.69) is 38.0 Å². The zero-order valence-electron chi connectivity index (χ0n) is 14.6. The Labute approximate surface area is 171 Å². The number of allylic oxidation sites excluding steroid dienone is 1. The second-order valence-corrected chi connectivity index (χ2v) is 7.62. The molecule has 0 aliphatic rings. The number of carbonyl (C=O) groups is 1. The first-order valence-corrected chi connectivity index (χ1v) is 10.2. The van der Waals surface area contributed by atoms with Gasteiger partial charge in [-0.1, -0.05) is 76.2 Å². The molecule has 3 rings (SSSR count). The van der Waals surface area contributed by atoms with Crippen LogP contribution in [-0.4, -0.2) is 26.4 Å². The van der Waals surface area contributed by atoms with E-state index in [0.717, 1.165) is 21.4 Å². The van der Waals surface area contributed by atoms with Gasteiger partial charge in [-0.3, -0.25) is 9.36 Å². The number of aromatic nitrogens is 3. The van der Waals surface area contributed by atoms with Crippen LogP contribution < -0.4 is 5.32 Å². The molecular weight excluding hydrogens is 424 g/mol. The smallest absolute Gasteiger partial charge is 0.230 e. The summed E-state index contributed by atoms with van der Waals surface area (Å²) in [6.45, 7) is 4.90. The first-order chi connectivity index (χ1) is 13.2. The molecule has 2 aromatic carbocycles. The Morgan fingerprint density at radius 1 is 1.15 bits per heavy atom. The van der Waals surface area contributed by atoms with Crippen molar-refractivity contribution in [3.05, 3.63) is 77.3 Å². The summed E-state index contributed by atoms with van der Waals surface area (Å²) >= 11 is 4.81. The fourth-order valence-corrected chi connectivity index (χ4v) is 3.52. The van der Waals surface area contributed by atoms with Crippen LogP contribution >= 0.6 is 27.7 Å². The van der Waals surface area contributed by atoms with Crippen molar-refractivity contribution in [2.75, 3.05) is 5.75 Å². The maximum absolute atomic E-state index is 12.2. The lowest BCUT2D eigenvalue weighted by Gasteiger charge is -2.08. The van der Waals surface area contributed by atoms with Crippen molar-refractivity contribution in [3.8, 4) is 11.4 Å². The summed E-state index contributed by atoms with van der Waals surface area (Å²) in [5, 5.41) is 12.2. The van der Waals surface area contributed by atoms with Gasteiger partial charge in [0.1, 0.15) is 0 Å². The molecule has 27 heavy (non-hydrogen) atoms. The van der Waals surface area contributed by atoms with Crippen LogP contribution in [0.4, 0.5) is 0 Å². The molecule has 1 amide bonds. The molecule has 0 aliphatic carbocycles. The predicted molar refractivity (Wildman–Crippen MR) is 112 cm³/mol. The third kappa shape index (κ3) is 5.30. The third-order valence-corrected chi connectivity index (χ3v) is 5.29. The van der Waals surface area contributed by atoms with Crippen molar-refractivity contribution in [1.29, 1.82) is 0 Å². The number of nitrogens with one attached hydrogen (secondary N) is 1. The van der Waals surface area contributed by atoms with Crippen LogP contribution in [0.25, 0.3) is 11.4 Å². The quantitative estimate of drug-likeness (QED) is 0.417. The van der Waals surface area contributed by atoms with Crippen molar-refractivity contribution in [1.82, 2.24) is 20.1 Å². The fraction of sp³-hybridized carbons (Fsp3) is 0.150. The van der Waals surface area contributed by atoms with Gasteiger partial charge >= 0.3 is 0 Å². The van der Waals surface area contributed by atoms with E-state index in [1.54, 1.807) is 6.08 Å². The van der Waals surface area contributed by atoms with Gasteiger partial charge in [-0.15, -0.1) is 16.8 Å². The first-order valence-electron chi connectivity index (χ1n) is 8.41. The van der Waals surface area contributed by atoms with E-state index in [-0.39, 0.29) is 11.7 Å². The van der Waals surface area contributed by atoms with Crippen molar-refractivity contribution in [3.63, 3.8) is 0 Å². The Hall–Kier alpha value is -2.38. The lowest BCUT2D eigenvalue weighted by Crippen LogP contribution is -2.24. The molecule has 0 saturated heterocycles. The van der Waals surface area contributed by atoms with Crippen molar-refractivity contribution < 1.29 is 4.79 Å². The number of hydrogen-bond acceptors (Lipinski definition) is 4.